The van der Waals surface area contributed by atoms with Crippen LogP contribution >= 0.6 is 0 Å². The number of hydrogen-bond acceptors (Lipinski definition) is 3. The van der Waals surface area contributed by atoms with E-state index in [0.717, 1.165) is 25.1 Å². The van der Waals surface area contributed by atoms with Crippen molar-refractivity contribution in [2.75, 3.05) is 26.8 Å². The summed E-state index contributed by atoms with van der Waals surface area (Å²) in [4.78, 5) is 0. The number of ether oxygens (including phenoxy) is 1. The van der Waals surface area contributed by atoms with Crippen LogP contribution in [0.4, 0.5) is 0 Å². The van der Waals surface area contributed by atoms with Gasteiger partial charge in [-0.1, -0.05) is 13.5 Å². The molecule has 0 aliphatic carbocycles. The van der Waals surface area contributed by atoms with Crippen LogP contribution in [0.1, 0.15) is 13.3 Å². The Balaban J connectivity index is 2.65. The monoisotopic (exact) mass is 185 g/mol. The Morgan fingerprint density at radius 2 is 2.46 bits per heavy atom. The van der Waals surface area contributed by atoms with Gasteiger partial charge in [0.25, 0.3) is 0 Å². The Kier molecular flexibility index (Phi) is 3.47. The van der Waals surface area contributed by atoms with Crippen LogP contribution in [0.25, 0.3) is 0 Å². The number of piperidine rings is 1. The minimum Gasteiger partial charge on any atom is -0.385 e. The lowest BCUT2D eigenvalue weighted by Gasteiger charge is -2.39. The number of aliphatic hydroxyl groups is 1. The zero-order chi connectivity index (χ0) is 9.90. The molecule has 0 spiro atoms. The van der Waals surface area contributed by atoms with Crippen LogP contribution in [-0.4, -0.2) is 37.5 Å². The fraction of sp³-hybridized carbons (Fsp3) is 0.800. The summed E-state index contributed by atoms with van der Waals surface area (Å²) in [6.45, 7) is 8.06. The average molecular weight is 185 g/mol. The maximum atomic E-state index is 10.3. The molecule has 1 fully saturated rings. The van der Waals surface area contributed by atoms with E-state index in [9.17, 15) is 5.11 Å². The van der Waals surface area contributed by atoms with E-state index in [-0.39, 0.29) is 5.92 Å². The van der Waals surface area contributed by atoms with E-state index in [4.69, 9.17) is 4.74 Å². The summed E-state index contributed by atoms with van der Waals surface area (Å²) in [5.74, 6) is 0.212. The predicted molar refractivity (Wildman–Crippen MR) is 52.6 cm³/mol. The molecular formula is C10H19NO2. The summed E-state index contributed by atoms with van der Waals surface area (Å²) < 4.78 is 4.99. The second-order valence-corrected chi connectivity index (χ2v) is 3.82. The van der Waals surface area contributed by atoms with Crippen molar-refractivity contribution in [3.63, 3.8) is 0 Å². The van der Waals surface area contributed by atoms with Gasteiger partial charge in [-0.3, -0.25) is 0 Å². The molecule has 1 heterocycles. The molecule has 3 heteroatoms. The van der Waals surface area contributed by atoms with Gasteiger partial charge in [0.05, 0.1) is 12.2 Å². The molecule has 2 N–H and O–H groups in total. The van der Waals surface area contributed by atoms with E-state index in [1.54, 1.807) is 7.11 Å². The van der Waals surface area contributed by atoms with Crippen molar-refractivity contribution in [1.82, 2.24) is 5.32 Å². The third kappa shape index (κ3) is 2.10. The highest BCUT2D eigenvalue weighted by atomic mass is 16.5. The minimum absolute atomic E-state index is 0.212. The smallest absolute Gasteiger partial charge is 0.0925 e. The summed E-state index contributed by atoms with van der Waals surface area (Å²) in [7, 11) is 1.63. The van der Waals surface area contributed by atoms with Crippen LogP contribution in [0.2, 0.25) is 0 Å². The Morgan fingerprint density at radius 1 is 1.77 bits per heavy atom. The third-order valence-corrected chi connectivity index (χ3v) is 2.88. The first kappa shape index (κ1) is 10.7. The highest BCUT2D eigenvalue weighted by Gasteiger charge is 2.38. The molecule has 1 aliphatic rings. The van der Waals surface area contributed by atoms with Crippen molar-refractivity contribution in [2.24, 2.45) is 5.92 Å². The lowest BCUT2D eigenvalue weighted by molar-refractivity contribution is -0.00973. The zero-order valence-electron chi connectivity index (χ0n) is 8.47. The first-order chi connectivity index (χ1) is 6.11. The average Bonchev–Trinajstić information content (AvgIpc) is 2.11. The lowest BCUT2D eigenvalue weighted by Crippen LogP contribution is -2.50. The second-order valence-electron chi connectivity index (χ2n) is 3.82. The van der Waals surface area contributed by atoms with Gasteiger partial charge >= 0.3 is 0 Å². The predicted octanol–water partition coefficient (Wildman–Crippen LogP) is 0.549. The molecule has 0 aromatic carbocycles. The highest BCUT2D eigenvalue weighted by Crippen LogP contribution is 2.30. The summed E-state index contributed by atoms with van der Waals surface area (Å²) in [5.41, 5.74) is 0.0605. The van der Waals surface area contributed by atoms with Crippen LogP contribution in [-0.2, 0) is 4.74 Å². The van der Waals surface area contributed by atoms with Crippen molar-refractivity contribution in [1.29, 1.82) is 0 Å². The maximum Gasteiger partial charge on any atom is 0.0925 e. The molecular weight excluding hydrogens is 166 g/mol. The molecule has 1 aliphatic heterocycles. The molecule has 0 aromatic heterocycles. The molecule has 13 heavy (non-hydrogen) atoms. The molecule has 0 amide bonds. The third-order valence-electron chi connectivity index (χ3n) is 2.88. The van der Waals surface area contributed by atoms with E-state index in [2.05, 4.69) is 11.9 Å². The zero-order valence-corrected chi connectivity index (χ0v) is 8.47. The van der Waals surface area contributed by atoms with Gasteiger partial charge in [0.15, 0.2) is 0 Å². The molecule has 2 atom stereocenters. The molecule has 0 bridgehead atoms. The largest absolute Gasteiger partial charge is 0.385 e. The Morgan fingerprint density at radius 3 is 3.00 bits per heavy atom. The fourth-order valence-electron chi connectivity index (χ4n) is 1.84. The molecule has 0 saturated carbocycles. The van der Waals surface area contributed by atoms with Crippen molar-refractivity contribution >= 4 is 0 Å². The Bertz CT molecular complexity index is 193. The van der Waals surface area contributed by atoms with Crippen LogP contribution in [0, 0.1) is 5.92 Å². The SMILES string of the molecule is C=C(COC)C1(O)CCNCC1C. The molecule has 2 unspecified atom stereocenters. The normalized spacial score (nSPS) is 34.5. The van der Waals surface area contributed by atoms with Crippen LogP contribution in [0.3, 0.4) is 0 Å². The molecule has 0 aromatic rings. The first-order valence-corrected chi connectivity index (χ1v) is 4.71. The van der Waals surface area contributed by atoms with E-state index >= 15 is 0 Å². The van der Waals surface area contributed by atoms with E-state index < -0.39 is 5.60 Å². The Hall–Kier alpha value is -0.380. The van der Waals surface area contributed by atoms with Gasteiger partial charge in [-0.15, -0.1) is 0 Å². The van der Waals surface area contributed by atoms with Crippen molar-refractivity contribution < 1.29 is 9.84 Å². The Labute approximate surface area is 79.8 Å². The number of hydrogen-bond donors (Lipinski definition) is 2. The van der Waals surface area contributed by atoms with Gasteiger partial charge in [0.2, 0.25) is 0 Å². The van der Waals surface area contributed by atoms with E-state index in [1.807, 2.05) is 6.92 Å². The molecule has 0 radical (unpaired) electrons. The first-order valence-electron chi connectivity index (χ1n) is 4.71. The van der Waals surface area contributed by atoms with E-state index in [0.29, 0.717) is 6.61 Å². The summed E-state index contributed by atoms with van der Waals surface area (Å²) in [6, 6.07) is 0. The number of nitrogens with one attached hydrogen (secondary N) is 1. The minimum atomic E-state index is -0.735. The van der Waals surface area contributed by atoms with Gasteiger partial charge in [0, 0.05) is 19.6 Å². The lowest BCUT2D eigenvalue weighted by atomic mass is 9.78. The molecule has 76 valence electrons. The van der Waals surface area contributed by atoms with Crippen LogP contribution in [0.5, 0.6) is 0 Å². The topological polar surface area (TPSA) is 41.5 Å². The van der Waals surface area contributed by atoms with Gasteiger partial charge < -0.3 is 15.2 Å². The molecule has 1 saturated heterocycles. The van der Waals surface area contributed by atoms with Gasteiger partial charge in [0.1, 0.15) is 0 Å². The number of rotatable bonds is 3. The van der Waals surface area contributed by atoms with Crippen LogP contribution in [0.15, 0.2) is 12.2 Å². The second kappa shape index (κ2) is 4.22. The quantitative estimate of drug-likeness (QED) is 0.631. The standard InChI is InChI=1S/C10H19NO2/c1-8-6-11-5-4-10(8,12)9(2)7-13-3/h8,11-12H,2,4-7H2,1,3H3. The highest BCUT2D eigenvalue weighted by molar-refractivity contribution is 5.16. The van der Waals surface area contributed by atoms with Gasteiger partial charge in [-0.2, -0.15) is 0 Å². The maximum absolute atomic E-state index is 10.3. The summed E-state index contributed by atoms with van der Waals surface area (Å²) in [5, 5.41) is 13.6. The van der Waals surface area contributed by atoms with Gasteiger partial charge in [-0.05, 0) is 18.5 Å². The molecule has 1 rings (SSSR count). The van der Waals surface area contributed by atoms with Gasteiger partial charge in [-0.25, -0.2) is 0 Å². The molecule has 3 nitrogen and oxygen atoms in total. The van der Waals surface area contributed by atoms with Crippen molar-refractivity contribution in [2.45, 2.75) is 18.9 Å². The van der Waals surface area contributed by atoms with Crippen LogP contribution < -0.4 is 5.32 Å². The van der Waals surface area contributed by atoms with E-state index in [1.165, 1.54) is 0 Å². The number of methoxy groups -OCH3 is 1. The van der Waals surface area contributed by atoms with Crippen molar-refractivity contribution in [3.8, 4) is 0 Å². The summed E-state index contributed by atoms with van der Waals surface area (Å²) >= 11 is 0. The summed E-state index contributed by atoms with van der Waals surface area (Å²) in [6.07, 6.45) is 0.732. The van der Waals surface area contributed by atoms with Crippen molar-refractivity contribution in [3.05, 3.63) is 12.2 Å². The fourth-order valence-corrected chi connectivity index (χ4v) is 1.84.